The molecule has 134 valence electrons. The van der Waals surface area contributed by atoms with E-state index in [1.54, 1.807) is 32.0 Å². The number of likely N-dealkylation sites (tertiary alicyclic amines) is 1. The Morgan fingerprint density at radius 2 is 1.96 bits per heavy atom. The van der Waals surface area contributed by atoms with E-state index in [0.717, 1.165) is 4.90 Å². The number of carbonyl (C=O) groups excluding carboxylic acids is 3. The van der Waals surface area contributed by atoms with Gasteiger partial charge >= 0.3 is 5.97 Å². The minimum atomic E-state index is -1.34. The fourth-order valence-corrected chi connectivity index (χ4v) is 4.06. The molecule has 2 fully saturated rings. The molecule has 0 unspecified atom stereocenters. The van der Waals surface area contributed by atoms with Crippen LogP contribution < -0.4 is 5.32 Å². The fraction of sp³-hybridized carbons (Fsp3) is 0.500. The molecule has 7 heteroatoms. The van der Waals surface area contributed by atoms with Crippen molar-refractivity contribution in [2.75, 3.05) is 13.7 Å². The first-order valence-electron chi connectivity index (χ1n) is 8.39. The fourth-order valence-electron chi connectivity index (χ4n) is 4.06. The Labute approximate surface area is 145 Å². The van der Waals surface area contributed by atoms with Gasteiger partial charge in [-0.2, -0.15) is 0 Å². The van der Waals surface area contributed by atoms with Crippen molar-refractivity contribution >= 4 is 17.8 Å². The number of nitrogens with one attached hydrogen (secondary N) is 1. The Hall–Kier alpha value is -2.28. The van der Waals surface area contributed by atoms with Crippen molar-refractivity contribution in [2.24, 2.45) is 11.8 Å². The van der Waals surface area contributed by atoms with Gasteiger partial charge in [0.25, 0.3) is 0 Å². The van der Waals surface area contributed by atoms with Crippen LogP contribution in [-0.4, -0.2) is 41.9 Å². The van der Waals surface area contributed by atoms with E-state index in [0.29, 0.717) is 0 Å². The molecular weight excluding hydrogens is 327 g/mol. The third-order valence-electron chi connectivity index (χ3n) is 5.31. The van der Waals surface area contributed by atoms with Gasteiger partial charge in [-0.1, -0.05) is 25.1 Å². The van der Waals surface area contributed by atoms with Gasteiger partial charge in [-0.15, -0.1) is 0 Å². The first kappa shape index (κ1) is 17.5. The number of carbonyl (C=O) groups is 3. The van der Waals surface area contributed by atoms with Crippen LogP contribution in [0.25, 0.3) is 0 Å². The minimum absolute atomic E-state index is 0.155. The molecular formula is C18H21FN2O4. The number of hydrogen-bond donors (Lipinski definition) is 1. The van der Waals surface area contributed by atoms with Crippen LogP contribution in [0.3, 0.4) is 0 Å². The highest BCUT2D eigenvalue weighted by Gasteiger charge is 2.67. The van der Waals surface area contributed by atoms with Crippen LogP contribution in [0.1, 0.15) is 31.9 Å². The highest BCUT2D eigenvalue weighted by Crippen LogP contribution is 2.50. The summed E-state index contributed by atoms with van der Waals surface area (Å²) in [5, 5.41) is 3.10. The van der Waals surface area contributed by atoms with Gasteiger partial charge in [0, 0.05) is 18.7 Å². The third-order valence-corrected chi connectivity index (χ3v) is 5.31. The summed E-state index contributed by atoms with van der Waals surface area (Å²) in [5.41, 5.74) is -1.07. The summed E-state index contributed by atoms with van der Waals surface area (Å²) >= 11 is 0. The molecule has 0 saturated carbocycles. The standard InChI is InChI=1S/C18H21FN2O4/c1-4-18(17(24)25-5-2)13-12(15(22)21(3)16(13)23)14(20-18)10-8-6-7-9-11(10)19/h6-9,12-14,20H,4-5H2,1-3H3/t12-,13-,14-,18+/m0/s1. The lowest BCUT2D eigenvalue weighted by molar-refractivity contribution is -0.156. The molecule has 2 aliphatic rings. The summed E-state index contributed by atoms with van der Waals surface area (Å²) in [6, 6.07) is 5.31. The maximum atomic E-state index is 14.4. The van der Waals surface area contributed by atoms with E-state index >= 15 is 0 Å². The minimum Gasteiger partial charge on any atom is -0.465 e. The molecule has 1 N–H and O–H groups in total. The Morgan fingerprint density at radius 3 is 2.56 bits per heavy atom. The summed E-state index contributed by atoms with van der Waals surface area (Å²) in [5.74, 6) is -3.64. The SMILES string of the molecule is CCOC(=O)[C@]1(CC)N[C@@H](c2ccccc2F)[C@H]2C(=O)N(C)C(=O)[C@H]21. The van der Waals surface area contributed by atoms with Crippen molar-refractivity contribution < 1.29 is 23.5 Å². The molecule has 2 saturated heterocycles. The Morgan fingerprint density at radius 1 is 1.28 bits per heavy atom. The predicted octanol–water partition coefficient (Wildman–Crippen LogP) is 1.41. The zero-order chi connectivity index (χ0) is 18.4. The molecule has 3 rings (SSSR count). The van der Waals surface area contributed by atoms with Crippen LogP contribution in [-0.2, 0) is 19.1 Å². The zero-order valence-corrected chi connectivity index (χ0v) is 14.4. The largest absolute Gasteiger partial charge is 0.465 e. The third kappa shape index (κ3) is 2.37. The van der Waals surface area contributed by atoms with Crippen LogP contribution in [0.2, 0.25) is 0 Å². The molecule has 0 bridgehead atoms. The first-order valence-corrected chi connectivity index (χ1v) is 8.39. The molecule has 2 aliphatic heterocycles. The molecule has 0 spiro atoms. The zero-order valence-electron chi connectivity index (χ0n) is 14.4. The number of ether oxygens (including phenoxy) is 1. The number of halogens is 1. The molecule has 1 aromatic carbocycles. The summed E-state index contributed by atoms with van der Waals surface area (Å²) in [6.45, 7) is 3.58. The quantitative estimate of drug-likeness (QED) is 0.658. The molecule has 4 atom stereocenters. The number of imide groups is 1. The average Bonchev–Trinajstić information content (AvgIpc) is 3.06. The molecule has 0 aromatic heterocycles. The maximum absolute atomic E-state index is 14.4. The number of benzene rings is 1. The molecule has 6 nitrogen and oxygen atoms in total. The van der Waals surface area contributed by atoms with Gasteiger partial charge in [0.1, 0.15) is 11.4 Å². The molecule has 0 radical (unpaired) electrons. The van der Waals surface area contributed by atoms with Gasteiger partial charge < -0.3 is 4.74 Å². The van der Waals surface area contributed by atoms with E-state index in [4.69, 9.17) is 4.74 Å². The van der Waals surface area contributed by atoms with Crippen molar-refractivity contribution in [3.05, 3.63) is 35.6 Å². The predicted molar refractivity (Wildman–Crippen MR) is 86.7 cm³/mol. The van der Waals surface area contributed by atoms with Gasteiger partial charge in [0.15, 0.2) is 0 Å². The smallest absolute Gasteiger partial charge is 0.327 e. The Balaban J connectivity index is 2.14. The monoisotopic (exact) mass is 348 g/mol. The van der Waals surface area contributed by atoms with Gasteiger partial charge in [0.2, 0.25) is 11.8 Å². The lowest BCUT2D eigenvalue weighted by Crippen LogP contribution is -2.55. The topological polar surface area (TPSA) is 75.7 Å². The van der Waals surface area contributed by atoms with Gasteiger partial charge in [-0.25, -0.2) is 4.39 Å². The van der Waals surface area contributed by atoms with E-state index in [-0.39, 0.29) is 18.6 Å². The Bertz CT molecular complexity index is 738. The molecule has 1 aromatic rings. The number of amides is 2. The second kappa shape index (κ2) is 6.22. The summed E-state index contributed by atoms with van der Waals surface area (Å²) in [6.07, 6.45) is 0.255. The van der Waals surface area contributed by atoms with E-state index in [9.17, 15) is 18.8 Å². The second-order valence-electron chi connectivity index (χ2n) is 6.43. The van der Waals surface area contributed by atoms with Crippen molar-refractivity contribution in [1.29, 1.82) is 0 Å². The molecule has 0 aliphatic carbocycles. The van der Waals surface area contributed by atoms with E-state index in [1.165, 1.54) is 13.1 Å². The number of rotatable bonds is 4. The Kier molecular flexibility index (Phi) is 4.36. The number of nitrogens with zero attached hydrogens (tertiary/aromatic N) is 1. The number of hydrogen-bond acceptors (Lipinski definition) is 5. The molecule has 25 heavy (non-hydrogen) atoms. The van der Waals surface area contributed by atoms with E-state index in [2.05, 4.69) is 5.32 Å². The van der Waals surface area contributed by atoms with Crippen molar-refractivity contribution in [3.8, 4) is 0 Å². The van der Waals surface area contributed by atoms with Gasteiger partial charge in [-0.3, -0.25) is 24.6 Å². The van der Waals surface area contributed by atoms with Crippen LogP contribution in [0.4, 0.5) is 4.39 Å². The summed E-state index contributed by atoms with van der Waals surface area (Å²) < 4.78 is 19.5. The lowest BCUT2D eigenvalue weighted by atomic mass is 9.78. The first-order chi connectivity index (χ1) is 11.9. The molecule has 2 heterocycles. The van der Waals surface area contributed by atoms with Crippen LogP contribution in [0.15, 0.2) is 24.3 Å². The number of esters is 1. The second-order valence-corrected chi connectivity index (χ2v) is 6.43. The van der Waals surface area contributed by atoms with Gasteiger partial charge in [-0.05, 0) is 19.4 Å². The van der Waals surface area contributed by atoms with E-state index in [1.807, 2.05) is 0 Å². The summed E-state index contributed by atoms with van der Waals surface area (Å²) in [7, 11) is 1.40. The molecule has 2 amide bonds. The average molecular weight is 348 g/mol. The highest BCUT2D eigenvalue weighted by atomic mass is 19.1. The van der Waals surface area contributed by atoms with Crippen molar-refractivity contribution in [3.63, 3.8) is 0 Å². The normalized spacial score (nSPS) is 31.4. The summed E-state index contributed by atoms with van der Waals surface area (Å²) in [4.78, 5) is 39.1. The highest BCUT2D eigenvalue weighted by molar-refractivity contribution is 6.09. The van der Waals surface area contributed by atoms with Crippen molar-refractivity contribution in [1.82, 2.24) is 10.2 Å². The van der Waals surface area contributed by atoms with Crippen LogP contribution >= 0.6 is 0 Å². The number of fused-ring (bicyclic) bond motifs is 1. The van der Waals surface area contributed by atoms with Gasteiger partial charge in [0.05, 0.1) is 18.4 Å². The van der Waals surface area contributed by atoms with Crippen molar-refractivity contribution in [2.45, 2.75) is 31.8 Å². The van der Waals surface area contributed by atoms with Crippen LogP contribution in [0, 0.1) is 17.7 Å². The lowest BCUT2D eigenvalue weighted by Gasteiger charge is -2.31. The maximum Gasteiger partial charge on any atom is 0.327 e. The van der Waals surface area contributed by atoms with E-state index < -0.39 is 47.0 Å². The van der Waals surface area contributed by atoms with Crippen LogP contribution in [0.5, 0.6) is 0 Å².